The van der Waals surface area contributed by atoms with E-state index in [4.69, 9.17) is 9.15 Å². The molecule has 9 nitrogen and oxygen atoms in total. The molecular formula is C20H14O9. The van der Waals surface area contributed by atoms with Gasteiger partial charge < -0.3 is 24.5 Å². The first-order chi connectivity index (χ1) is 13.7. The number of aromatic hydroxyl groups is 2. The van der Waals surface area contributed by atoms with E-state index in [0.29, 0.717) is 0 Å². The Labute approximate surface area is 162 Å². The summed E-state index contributed by atoms with van der Waals surface area (Å²) in [7, 11) is 0. The Hall–Kier alpha value is -4.14. The molecule has 0 aliphatic rings. The van der Waals surface area contributed by atoms with Crippen LogP contribution in [-0.2, 0) is 9.59 Å². The van der Waals surface area contributed by atoms with Crippen molar-refractivity contribution in [3.63, 3.8) is 0 Å². The summed E-state index contributed by atoms with van der Waals surface area (Å²) in [5, 5.41) is 28.7. The van der Waals surface area contributed by atoms with Crippen LogP contribution in [0.4, 0.5) is 0 Å². The largest absolute Gasteiger partial charge is 0.508 e. The number of esters is 1. The molecule has 0 unspecified atom stereocenters. The van der Waals surface area contributed by atoms with E-state index in [2.05, 4.69) is 0 Å². The van der Waals surface area contributed by atoms with E-state index in [1.54, 1.807) is 0 Å². The van der Waals surface area contributed by atoms with E-state index in [-0.39, 0.29) is 34.3 Å². The normalized spacial score (nSPS) is 10.7. The van der Waals surface area contributed by atoms with Gasteiger partial charge in [-0.2, -0.15) is 0 Å². The molecule has 2 aromatic carbocycles. The summed E-state index contributed by atoms with van der Waals surface area (Å²) in [5.41, 5.74) is -1.34. The van der Waals surface area contributed by atoms with E-state index in [1.807, 2.05) is 0 Å². The Bertz CT molecular complexity index is 1200. The van der Waals surface area contributed by atoms with E-state index < -0.39 is 40.4 Å². The van der Waals surface area contributed by atoms with Crippen LogP contribution in [0.25, 0.3) is 22.1 Å². The number of hydrogen-bond donors (Lipinski definition) is 3. The van der Waals surface area contributed by atoms with Gasteiger partial charge in [0, 0.05) is 18.6 Å². The van der Waals surface area contributed by atoms with Crippen molar-refractivity contribution in [1.82, 2.24) is 0 Å². The number of hydrogen-bond acceptors (Lipinski definition) is 8. The van der Waals surface area contributed by atoms with Gasteiger partial charge in [-0.3, -0.25) is 9.59 Å². The van der Waals surface area contributed by atoms with Gasteiger partial charge in [-0.25, -0.2) is 9.59 Å². The molecule has 0 fully saturated rings. The number of phenolic OH excluding ortho intramolecular Hbond substituents is 2. The number of fused-ring (bicyclic) bond motifs is 1. The van der Waals surface area contributed by atoms with Crippen LogP contribution in [0.3, 0.4) is 0 Å². The molecule has 1 aromatic heterocycles. The molecule has 1 heterocycles. The van der Waals surface area contributed by atoms with Gasteiger partial charge in [0.15, 0.2) is 0 Å². The second-order valence-electron chi connectivity index (χ2n) is 5.97. The molecule has 0 saturated carbocycles. The van der Waals surface area contributed by atoms with Crippen molar-refractivity contribution in [3.05, 3.63) is 52.4 Å². The molecule has 3 N–H and O–H groups in total. The van der Waals surface area contributed by atoms with Gasteiger partial charge in [0.25, 0.3) is 0 Å². The van der Waals surface area contributed by atoms with Gasteiger partial charge in [0.1, 0.15) is 28.2 Å². The zero-order valence-corrected chi connectivity index (χ0v) is 15.0. The number of carbonyl (C=O) groups is 3. The lowest BCUT2D eigenvalue weighted by atomic mass is 10.0. The molecule has 9 heteroatoms. The minimum atomic E-state index is -1.54. The number of carboxylic acids is 1. The highest BCUT2D eigenvalue weighted by Gasteiger charge is 2.24. The highest BCUT2D eigenvalue weighted by atomic mass is 16.5. The maximum absolute atomic E-state index is 12.9. The summed E-state index contributed by atoms with van der Waals surface area (Å²) < 4.78 is 10.1. The topological polar surface area (TPSA) is 151 Å². The lowest BCUT2D eigenvalue weighted by Crippen LogP contribution is -2.19. The summed E-state index contributed by atoms with van der Waals surface area (Å²) in [4.78, 5) is 47.4. The van der Waals surface area contributed by atoms with Crippen molar-refractivity contribution in [2.75, 3.05) is 0 Å². The number of carbonyl (C=O) groups excluding carboxylic acids is 2. The van der Waals surface area contributed by atoms with E-state index >= 15 is 0 Å². The van der Waals surface area contributed by atoms with Crippen LogP contribution in [0.2, 0.25) is 0 Å². The number of ether oxygens (including phenoxy) is 1. The predicted molar refractivity (Wildman–Crippen MR) is 99.1 cm³/mol. The fourth-order valence-corrected chi connectivity index (χ4v) is 2.70. The summed E-state index contributed by atoms with van der Waals surface area (Å²) >= 11 is 0. The first kappa shape index (κ1) is 19.6. The maximum Gasteiger partial charge on any atom is 0.379 e. The molecule has 29 heavy (non-hydrogen) atoms. The molecule has 3 aromatic rings. The van der Waals surface area contributed by atoms with Crippen LogP contribution in [0.5, 0.6) is 17.2 Å². The molecule has 0 radical (unpaired) electrons. The first-order valence-electron chi connectivity index (χ1n) is 8.34. The SMILES string of the molecule is CCC(=O)C(=O)Oc1ccc(-c2c(C(=O)O)oc3cc(O)cc(O)c3c2=O)cc1. The third kappa shape index (κ3) is 3.65. The molecule has 148 valence electrons. The fraction of sp³-hybridized carbons (Fsp3) is 0.100. The van der Waals surface area contributed by atoms with Crippen LogP contribution in [-0.4, -0.2) is 33.0 Å². The van der Waals surface area contributed by atoms with Crippen molar-refractivity contribution < 1.29 is 38.9 Å². The van der Waals surface area contributed by atoms with Crippen molar-refractivity contribution in [3.8, 4) is 28.4 Å². The molecule has 0 amide bonds. The van der Waals surface area contributed by atoms with E-state index in [9.17, 15) is 34.5 Å². The Morgan fingerprint density at radius 2 is 1.72 bits per heavy atom. The molecule has 0 saturated heterocycles. The van der Waals surface area contributed by atoms with Gasteiger partial charge in [-0.1, -0.05) is 19.1 Å². The average molecular weight is 398 g/mol. The van der Waals surface area contributed by atoms with Crippen LogP contribution in [0.15, 0.2) is 45.6 Å². The molecule has 0 aliphatic carbocycles. The van der Waals surface area contributed by atoms with Gasteiger partial charge in [-0.15, -0.1) is 0 Å². The standard InChI is InChI=1S/C20H14O9/c1-2-12(22)20(27)28-11-5-3-9(4-6-11)15-17(24)16-13(23)7-10(21)8-14(16)29-18(15)19(25)26/h3-8,21,23H,2H2,1H3,(H,25,26). The monoisotopic (exact) mass is 398 g/mol. The highest BCUT2D eigenvalue weighted by molar-refractivity contribution is 6.34. The predicted octanol–water partition coefficient (Wildman–Crippen LogP) is 2.45. The third-order valence-electron chi connectivity index (χ3n) is 4.06. The molecule has 0 spiro atoms. The lowest BCUT2D eigenvalue weighted by molar-refractivity contribution is -0.146. The lowest BCUT2D eigenvalue weighted by Gasteiger charge is -2.09. The van der Waals surface area contributed by atoms with E-state index in [1.165, 1.54) is 31.2 Å². The number of rotatable bonds is 5. The molecule has 0 aliphatic heterocycles. The summed E-state index contributed by atoms with van der Waals surface area (Å²) in [6.45, 7) is 1.51. The number of benzene rings is 2. The number of aromatic carboxylic acids is 1. The van der Waals surface area contributed by atoms with Gasteiger partial charge >= 0.3 is 11.9 Å². The summed E-state index contributed by atoms with van der Waals surface area (Å²) in [6, 6.07) is 7.11. The van der Waals surface area contributed by atoms with Crippen molar-refractivity contribution in [2.24, 2.45) is 0 Å². The zero-order chi connectivity index (χ0) is 21.3. The second-order valence-corrected chi connectivity index (χ2v) is 5.97. The fourth-order valence-electron chi connectivity index (χ4n) is 2.70. The van der Waals surface area contributed by atoms with Crippen molar-refractivity contribution >= 4 is 28.7 Å². The zero-order valence-electron chi connectivity index (χ0n) is 15.0. The summed E-state index contributed by atoms with van der Waals surface area (Å²) in [5.74, 6) is -4.94. The maximum atomic E-state index is 12.9. The smallest absolute Gasteiger partial charge is 0.379 e. The number of carboxylic acid groups (broad SMARTS) is 1. The third-order valence-corrected chi connectivity index (χ3v) is 4.06. The number of phenols is 2. The molecule has 3 rings (SSSR count). The Morgan fingerprint density at radius 1 is 1.07 bits per heavy atom. The number of Topliss-reactive ketones (excluding diaryl/α,β-unsaturated/α-hetero) is 1. The number of ketones is 1. The molecule has 0 bridgehead atoms. The first-order valence-corrected chi connectivity index (χ1v) is 8.34. The quantitative estimate of drug-likeness (QED) is 0.334. The Morgan fingerprint density at radius 3 is 2.31 bits per heavy atom. The Kier molecular flexibility index (Phi) is 5.05. The molecule has 0 atom stereocenters. The minimum absolute atomic E-state index is 0.0178. The minimum Gasteiger partial charge on any atom is -0.508 e. The van der Waals surface area contributed by atoms with Crippen LogP contribution in [0.1, 0.15) is 23.9 Å². The average Bonchev–Trinajstić information content (AvgIpc) is 2.67. The summed E-state index contributed by atoms with van der Waals surface area (Å²) in [6.07, 6.45) is -0.0178. The molecular weight excluding hydrogens is 384 g/mol. The highest BCUT2D eigenvalue weighted by Crippen LogP contribution is 2.32. The van der Waals surface area contributed by atoms with Crippen LogP contribution in [0, 0.1) is 0 Å². The second kappa shape index (κ2) is 7.47. The van der Waals surface area contributed by atoms with E-state index in [0.717, 1.165) is 12.1 Å². The van der Waals surface area contributed by atoms with Gasteiger partial charge in [0.2, 0.25) is 17.0 Å². The Balaban J connectivity index is 2.14. The van der Waals surface area contributed by atoms with Crippen LogP contribution < -0.4 is 10.2 Å². The van der Waals surface area contributed by atoms with Gasteiger partial charge in [-0.05, 0) is 17.7 Å². The van der Waals surface area contributed by atoms with Crippen molar-refractivity contribution in [1.29, 1.82) is 0 Å². The van der Waals surface area contributed by atoms with Gasteiger partial charge in [0.05, 0.1) is 5.56 Å². The van der Waals surface area contributed by atoms with Crippen LogP contribution >= 0.6 is 0 Å². The van der Waals surface area contributed by atoms with Crippen molar-refractivity contribution in [2.45, 2.75) is 13.3 Å².